The normalized spacial score (nSPS) is 35.7. The first-order chi connectivity index (χ1) is 6.26. The van der Waals surface area contributed by atoms with Gasteiger partial charge in [-0.05, 0) is 24.5 Å². The molecule has 0 aromatic rings. The van der Waals surface area contributed by atoms with E-state index in [1.807, 2.05) is 11.8 Å². The number of thioether (sulfide) groups is 1. The maximum Gasteiger partial charge on any atom is 0.0703 e. The number of nitrogens with zero attached hydrogens (tertiary/aromatic N) is 1. The van der Waals surface area contributed by atoms with E-state index in [-0.39, 0.29) is 5.41 Å². The molecular formula is C10H16N2S. The van der Waals surface area contributed by atoms with Gasteiger partial charge in [-0.3, -0.25) is 0 Å². The summed E-state index contributed by atoms with van der Waals surface area (Å²) >= 11 is 2.02. The summed E-state index contributed by atoms with van der Waals surface area (Å²) in [7, 11) is 0. The van der Waals surface area contributed by atoms with Crippen molar-refractivity contribution in [3.63, 3.8) is 0 Å². The van der Waals surface area contributed by atoms with Crippen LogP contribution in [-0.2, 0) is 0 Å². The molecule has 0 amide bonds. The van der Waals surface area contributed by atoms with Gasteiger partial charge in [0.2, 0.25) is 0 Å². The van der Waals surface area contributed by atoms with Crippen LogP contribution in [0.15, 0.2) is 0 Å². The molecule has 1 heterocycles. The van der Waals surface area contributed by atoms with Crippen molar-refractivity contribution in [3.8, 4) is 6.07 Å². The zero-order valence-corrected chi connectivity index (χ0v) is 8.86. The van der Waals surface area contributed by atoms with Crippen LogP contribution in [0.2, 0.25) is 0 Å². The van der Waals surface area contributed by atoms with Gasteiger partial charge in [0.05, 0.1) is 11.5 Å². The summed E-state index contributed by atoms with van der Waals surface area (Å²) < 4.78 is 0. The molecule has 1 saturated heterocycles. The highest BCUT2D eigenvalue weighted by molar-refractivity contribution is 7.99. The SMILES string of the molecule is CC1CSCC1NCC1(C#N)CC1. The molecule has 1 saturated carbocycles. The van der Waals surface area contributed by atoms with Crippen molar-refractivity contribution >= 4 is 11.8 Å². The van der Waals surface area contributed by atoms with Gasteiger partial charge in [-0.15, -0.1) is 0 Å². The molecule has 0 radical (unpaired) electrons. The van der Waals surface area contributed by atoms with Gasteiger partial charge in [0, 0.05) is 18.3 Å². The molecule has 0 aromatic heterocycles. The molecule has 13 heavy (non-hydrogen) atoms. The second-order valence-electron chi connectivity index (χ2n) is 4.39. The van der Waals surface area contributed by atoms with E-state index in [9.17, 15) is 0 Å². The van der Waals surface area contributed by atoms with Crippen molar-refractivity contribution in [2.75, 3.05) is 18.1 Å². The number of hydrogen-bond donors (Lipinski definition) is 1. The average molecular weight is 196 g/mol. The van der Waals surface area contributed by atoms with Crippen LogP contribution in [0.1, 0.15) is 19.8 Å². The summed E-state index contributed by atoms with van der Waals surface area (Å²) in [5.74, 6) is 3.28. The minimum Gasteiger partial charge on any atom is -0.311 e. The van der Waals surface area contributed by atoms with E-state index in [0.29, 0.717) is 6.04 Å². The van der Waals surface area contributed by atoms with Gasteiger partial charge >= 0.3 is 0 Å². The lowest BCUT2D eigenvalue weighted by Gasteiger charge is -2.17. The molecule has 2 aliphatic rings. The van der Waals surface area contributed by atoms with Gasteiger partial charge in [-0.25, -0.2) is 0 Å². The molecule has 2 fully saturated rings. The minimum atomic E-state index is 0.0208. The van der Waals surface area contributed by atoms with E-state index in [2.05, 4.69) is 18.3 Å². The Bertz CT molecular complexity index is 230. The quantitative estimate of drug-likeness (QED) is 0.745. The number of nitriles is 1. The smallest absolute Gasteiger partial charge is 0.0703 e. The van der Waals surface area contributed by atoms with Crippen molar-refractivity contribution in [1.82, 2.24) is 5.32 Å². The second-order valence-corrected chi connectivity index (χ2v) is 5.47. The third-order valence-corrected chi connectivity index (χ3v) is 4.51. The number of rotatable bonds is 3. The molecule has 2 unspecified atom stereocenters. The van der Waals surface area contributed by atoms with Gasteiger partial charge in [0.1, 0.15) is 0 Å². The maximum atomic E-state index is 8.90. The first-order valence-corrected chi connectivity index (χ1v) is 6.14. The fourth-order valence-corrected chi connectivity index (χ4v) is 3.17. The van der Waals surface area contributed by atoms with E-state index >= 15 is 0 Å². The fraction of sp³-hybridized carbons (Fsp3) is 0.900. The lowest BCUT2D eigenvalue weighted by molar-refractivity contribution is 0.422. The first-order valence-electron chi connectivity index (χ1n) is 4.98. The zero-order chi connectivity index (χ0) is 9.31. The molecule has 0 aromatic carbocycles. The van der Waals surface area contributed by atoms with E-state index in [1.54, 1.807) is 0 Å². The first kappa shape index (κ1) is 9.36. The Morgan fingerprint density at radius 2 is 2.31 bits per heavy atom. The minimum absolute atomic E-state index is 0.0208. The van der Waals surface area contributed by atoms with Crippen LogP contribution in [0.4, 0.5) is 0 Å². The van der Waals surface area contributed by atoms with E-state index in [0.717, 1.165) is 25.3 Å². The Labute approximate surface area is 84.1 Å². The van der Waals surface area contributed by atoms with Crippen LogP contribution in [0.5, 0.6) is 0 Å². The molecule has 0 spiro atoms. The lowest BCUT2D eigenvalue weighted by Crippen LogP contribution is -2.37. The van der Waals surface area contributed by atoms with Crippen molar-refractivity contribution < 1.29 is 0 Å². The van der Waals surface area contributed by atoms with Crippen LogP contribution in [0.25, 0.3) is 0 Å². The van der Waals surface area contributed by atoms with E-state index in [1.165, 1.54) is 11.5 Å². The fourth-order valence-electron chi connectivity index (χ4n) is 1.73. The summed E-state index contributed by atoms with van der Waals surface area (Å²) in [6, 6.07) is 3.07. The molecule has 1 aliphatic heterocycles. The Morgan fingerprint density at radius 1 is 1.54 bits per heavy atom. The van der Waals surface area contributed by atoms with Crippen LogP contribution in [-0.4, -0.2) is 24.1 Å². The van der Waals surface area contributed by atoms with Crippen molar-refractivity contribution in [2.24, 2.45) is 11.3 Å². The molecule has 3 heteroatoms. The van der Waals surface area contributed by atoms with Crippen molar-refractivity contribution in [2.45, 2.75) is 25.8 Å². The standard InChI is InChI=1S/C10H16N2S/c1-8-4-13-5-9(8)12-7-10(6-11)2-3-10/h8-9,12H,2-5,7H2,1H3. The predicted molar refractivity (Wildman–Crippen MR) is 55.6 cm³/mol. The Kier molecular flexibility index (Phi) is 2.53. The monoisotopic (exact) mass is 196 g/mol. The van der Waals surface area contributed by atoms with Gasteiger partial charge in [0.15, 0.2) is 0 Å². The summed E-state index contributed by atoms with van der Waals surface area (Å²) in [6.45, 7) is 3.21. The summed E-state index contributed by atoms with van der Waals surface area (Å²) in [5.41, 5.74) is 0.0208. The Hall–Kier alpha value is -0.200. The predicted octanol–water partition coefficient (Wildman–Crippen LogP) is 1.63. The molecule has 2 nitrogen and oxygen atoms in total. The lowest BCUT2D eigenvalue weighted by atomic mass is 10.0. The van der Waals surface area contributed by atoms with Gasteiger partial charge in [-0.2, -0.15) is 17.0 Å². The van der Waals surface area contributed by atoms with Crippen LogP contribution in [0, 0.1) is 22.7 Å². The van der Waals surface area contributed by atoms with Crippen molar-refractivity contribution in [1.29, 1.82) is 5.26 Å². The Morgan fingerprint density at radius 3 is 2.77 bits per heavy atom. The van der Waals surface area contributed by atoms with Crippen molar-refractivity contribution in [3.05, 3.63) is 0 Å². The van der Waals surface area contributed by atoms with Gasteiger partial charge in [0.25, 0.3) is 0 Å². The van der Waals surface area contributed by atoms with Gasteiger partial charge in [-0.1, -0.05) is 6.92 Å². The molecule has 2 rings (SSSR count). The van der Waals surface area contributed by atoms with E-state index in [4.69, 9.17) is 5.26 Å². The average Bonchev–Trinajstić information content (AvgIpc) is 2.82. The molecular weight excluding hydrogens is 180 g/mol. The highest BCUT2D eigenvalue weighted by Crippen LogP contribution is 2.44. The van der Waals surface area contributed by atoms with Crippen LogP contribution in [0.3, 0.4) is 0 Å². The third-order valence-electron chi connectivity index (χ3n) is 3.16. The Balaban J connectivity index is 1.77. The molecule has 1 aliphatic carbocycles. The molecule has 72 valence electrons. The highest BCUT2D eigenvalue weighted by atomic mass is 32.2. The summed E-state index contributed by atoms with van der Waals surface area (Å²) in [5, 5.41) is 12.4. The number of nitrogens with one attached hydrogen (secondary N) is 1. The number of hydrogen-bond acceptors (Lipinski definition) is 3. The summed E-state index contributed by atoms with van der Waals surface area (Å²) in [6.07, 6.45) is 2.20. The maximum absolute atomic E-state index is 8.90. The second kappa shape index (κ2) is 3.51. The third kappa shape index (κ3) is 2.00. The molecule has 2 atom stereocenters. The zero-order valence-electron chi connectivity index (χ0n) is 8.05. The molecule has 0 bridgehead atoms. The topological polar surface area (TPSA) is 35.8 Å². The van der Waals surface area contributed by atoms with Crippen LogP contribution < -0.4 is 5.32 Å². The summed E-state index contributed by atoms with van der Waals surface area (Å²) in [4.78, 5) is 0. The van der Waals surface area contributed by atoms with Gasteiger partial charge < -0.3 is 5.32 Å². The largest absolute Gasteiger partial charge is 0.311 e. The highest BCUT2D eigenvalue weighted by Gasteiger charge is 2.43. The van der Waals surface area contributed by atoms with Crippen LogP contribution >= 0.6 is 11.8 Å². The molecule has 1 N–H and O–H groups in total. The van der Waals surface area contributed by atoms with E-state index < -0.39 is 0 Å².